The third-order valence-electron chi connectivity index (χ3n) is 2.97. The topological polar surface area (TPSA) is 29.5 Å². The van der Waals surface area contributed by atoms with Crippen molar-refractivity contribution in [1.82, 2.24) is 4.90 Å². The summed E-state index contributed by atoms with van der Waals surface area (Å²) in [6, 6.07) is 11.7. The molecular formula is C16H17NO2S. The predicted octanol–water partition coefficient (Wildman–Crippen LogP) is 3.47. The van der Waals surface area contributed by atoms with E-state index in [1.807, 2.05) is 41.8 Å². The van der Waals surface area contributed by atoms with Crippen LogP contribution in [0.5, 0.6) is 5.75 Å². The van der Waals surface area contributed by atoms with Crippen molar-refractivity contribution in [2.45, 2.75) is 13.1 Å². The molecule has 0 radical (unpaired) electrons. The zero-order valence-electron chi connectivity index (χ0n) is 11.4. The van der Waals surface area contributed by atoms with Gasteiger partial charge in [0.15, 0.2) is 0 Å². The maximum Gasteiger partial charge on any atom is 0.246 e. The summed E-state index contributed by atoms with van der Waals surface area (Å²) >= 11 is 1.64. The van der Waals surface area contributed by atoms with Gasteiger partial charge in [-0.3, -0.25) is 4.79 Å². The molecule has 0 saturated heterocycles. The number of para-hydroxylation sites is 1. The molecule has 0 aliphatic heterocycles. The van der Waals surface area contributed by atoms with Gasteiger partial charge in [-0.25, -0.2) is 0 Å². The molecule has 4 heteroatoms. The Hall–Kier alpha value is -2.07. The first-order valence-corrected chi connectivity index (χ1v) is 7.18. The molecule has 1 aromatic carbocycles. The monoisotopic (exact) mass is 287 g/mol. The van der Waals surface area contributed by atoms with E-state index in [4.69, 9.17) is 4.74 Å². The van der Waals surface area contributed by atoms with Crippen molar-refractivity contribution in [1.29, 1.82) is 0 Å². The van der Waals surface area contributed by atoms with Gasteiger partial charge in [0.05, 0.1) is 13.7 Å². The number of hydrogen-bond acceptors (Lipinski definition) is 3. The summed E-state index contributed by atoms with van der Waals surface area (Å²) in [4.78, 5) is 14.9. The fraction of sp³-hybridized carbons (Fsp3) is 0.188. The number of carbonyl (C=O) groups excluding carboxylic acids is 1. The molecule has 0 N–H and O–H groups in total. The van der Waals surface area contributed by atoms with Gasteiger partial charge in [0.25, 0.3) is 0 Å². The normalized spacial score (nSPS) is 10.1. The number of hydrogen-bond donors (Lipinski definition) is 0. The molecule has 0 fully saturated rings. The van der Waals surface area contributed by atoms with Crippen LogP contribution in [0.1, 0.15) is 10.4 Å². The summed E-state index contributed by atoms with van der Waals surface area (Å²) in [6.45, 7) is 4.67. The third-order valence-corrected chi connectivity index (χ3v) is 3.83. The molecule has 104 valence electrons. The average Bonchev–Trinajstić information content (AvgIpc) is 2.99. The molecule has 3 nitrogen and oxygen atoms in total. The molecule has 1 aromatic heterocycles. The SMILES string of the molecule is C=CC(=O)N(Cc1cccs1)Cc1ccccc1OC. The molecule has 0 unspecified atom stereocenters. The molecule has 1 amide bonds. The van der Waals surface area contributed by atoms with E-state index in [-0.39, 0.29) is 5.91 Å². The Kier molecular flexibility index (Phi) is 4.96. The lowest BCUT2D eigenvalue weighted by Gasteiger charge is -2.21. The number of methoxy groups -OCH3 is 1. The van der Waals surface area contributed by atoms with Crippen LogP contribution in [0.2, 0.25) is 0 Å². The van der Waals surface area contributed by atoms with Crippen molar-refractivity contribution in [2.75, 3.05) is 7.11 Å². The predicted molar refractivity (Wildman–Crippen MR) is 81.8 cm³/mol. The molecule has 20 heavy (non-hydrogen) atoms. The summed E-state index contributed by atoms with van der Waals surface area (Å²) in [7, 11) is 1.64. The zero-order valence-corrected chi connectivity index (χ0v) is 12.2. The summed E-state index contributed by atoms with van der Waals surface area (Å²) in [5.41, 5.74) is 0.988. The summed E-state index contributed by atoms with van der Waals surface area (Å²) in [5, 5.41) is 2.01. The zero-order chi connectivity index (χ0) is 14.4. The van der Waals surface area contributed by atoms with Crippen molar-refractivity contribution >= 4 is 17.2 Å². The van der Waals surface area contributed by atoms with Crippen LogP contribution in [0.15, 0.2) is 54.4 Å². The molecule has 0 saturated carbocycles. The van der Waals surface area contributed by atoms with Gasteiger partial charge in [-0.2, -0.15) is 0 Å². The average molecular weight is 287 g/mol. The third kappa shape index (κ3) is 3.48. The van der Waals surface area contributed by atoms with Crippen LogP contribution in [0.3, 0.4) is 0 Å². The van der Waals surface area contributed by atoms with Gasteiger partial charge >= 0.3 is 0 Å². The second-order valence-corrected chi connectivity index (χ2v) is 5.32. The van der Waals surface area contributed by atoms with Crippen LogP contribution >= 0.6 is 11.3 Å². The maximum atomic E-state index is 12.0. The van der Waals surface area contributed by atoms with Crippen molar-refractivity contribution in [3.05, 3.63) is 64.9 Å². The van der Waals surface area contributed by atoms with Gasteiger partial charge in [-0.15, -0.1) is 11.3 Å². The van der Waals surface area contributed by atoms with Crippen molar-refractivity contribution in [3.8, 4) is 5.75 Å². The standard InChI is InChI=1S/C16H17NO2S/c1-3-16(18)17(12-14-8-6-10-20-14)11-13-7-4-5-9-15(13)19-2/h3-10H,1,11-12H2,2H3. The molecular weight excluding hydrogens is 270 g/mol. The van der Waals surface area contributed by atoms with Crippen LogP contribution < -0.4 is 4.74 Å². The first-order valence-electron chi connectivity index (χ1n) is 6.30. The Labute approximate surface area is 123 Å². The molecule has 0 atom stereocenters. The maximum absolute atomic E-state index is 12.0. The van der Waals surface area contributed by atoms with Gasteiger partial charge < -0.3 is 9.64 Å². The van der Waals surface area contributed by atoms with Gasteiger partial charge in [0, 0.05) is 17.0 Å². The highest BCUT2D eigenvalue weighted by molar-refractivity contribution is 7.09. The summed E-state index contributed by atoms with van der Waals surface area (Å²) in [6.07, 6.45) is 1.35. The van der Waals surface area contributed by atoms with E-state index in [1.165, 1.54) is 6.08 Å². The molecule has 2 rings (SSSR count). The number of rotatable bonds is 6. The van der Waals surface area contributed by atoms with Gasteiger partial charge in [-0.1, -0.05) is 30.8 Å². The van der Waals surface area contributed by atoms with Crippen LogP contribution in [-0.2, 0) is 17.9 Å². The second-order valence-electron chi connectivity index (χ2n) is 4.29. The van der Waals surface area contributed by atoms with Gasteiger partial charge in [0.1, 0.15) is 5.75 Å². The van der Waals surface area contributed by atoms with Crippen LogP contribution in [0.4, 0.5) is 0 Å². The Morgan fingerprint density at radius 1 is 1.30 bits per heavy atom. The van der Waals surface area contributed by atoms with Crippen LogP contribution in [-0.4, -0.2) is 17.9 Å². The largest absolute Gasteiger partial charge is 0.496 e. The quantitative estimate of drug-likeness (QED) is 0.761. The van der Waals surface area contributed by atoms with Gasteiger partial charge in [-0.05, 0) is 23.6 Å². The van der Waals surface area contributed by atoms with Crippen molar-refractivity contribution < 1.29 is 9.53 Å². The van der Waals surface area contributed by atoms with E-state index in [2.05, 4.69) is 6.58 Å². The molecule has 2 aromatic rings. The molecule has 0 aliphatic rings. The smallest absolute Gasteiger partial charge is 0.246 e. The number of benzene rings is 1. The minimum absolute atomic E-state index is 0.0793. The van der Waals surface area contributed by atoms with Crippen molar-refractivity contribution in [3.63, 3.8) is 0 Å². The fourth-order valence-corrected chi connectivity index (χ4v) is 2.69. The lowest BCUT2D eigenvalue weighted by molar-refractivity contribution is -0.127. The Bertz CT molecular complexity index is 578. The van der Waals surface area contributed by atoms with E-state index in [9.17, 15) is 4.79 Å². The molecule has 1 heterocycles. The molecule has 0 bridgehead atoms. The summed E-state index contributed by atoms with van der Waals surface area (Å²) in [5.74, 6) is 0.713. The lowest BCUT2D eigenvalue weighted by atomic mass is 10.2. The minimum Gasteiger partial charge on any atom is -0.496 e. The molecule has 0 aliphatic carbocycles. The number of ether oxygens (including phenoxy) is 1. The number of thiophene rings is 1. The van der Waals surface area contributed by atoms with Crippen LogP contribution in [0, 0.1) is 0 Å². The van der Waals surface area contributed by atoms with E-state index in [1.54, 1.807) is 23.3 Å². The van der Waals surface area contributed by atoms with E-state index < -0.39 is 0 Å². The number of amides is 1. The minimum atomic E-state index is -0.0793. The Balaban J connectivity index is 2.19. The highest BCUT2D eigenvalue weighted by Crippen LogP contribution is 2.21. The van der Waals surface area contributed by atoms with E-state index in [0.29, 0.717) is 13.1 Å². The molecule has 0 spiro atoms. The van der Waals surface area contributed by atoms with Crippen LogP contribution in [0.25, 0.3) is 0 Å². The van der Waals surface area contributed by atoms with Gasteiger partial charge in [0.2, 0.25) is 5.91 Å². The lowest BCUT2D eigenvalue weighted by Crippen LogP contribution is -2.28. The number of nitrogens with zero attached hydrogens (tertiary/aromatic N) is 1. The second kappa shape index (κ2) is 6.91. The summed E-state index contributed by atoms with van der Waals surface area (Å²) < 4.78 is 5.33. The fourth-order valence-electron chi connectivity index (χ4n) is 1.97. The van der Waals surface area contributed by atoms with E-state index in [0.717, 1.165) is 16.2 Å². The first kappa shape index (κ1) is 14.3. The Morgan fingerprint density at radius 3 is 2.75 bits per heavy atom. The highest BCUT2D eigenvalue weighted by atomic mass is 32.1. The first-order chi connectivity index (χ1) is 9.74. The number of carbonyl (C=O) groups is 1. The van der Waals surface area contributed by atoms with E-state index >= 15 is 0 Å². The Morgan fingerprint density at radius 2 is 2.10 bits per heavy atom. The van der Waals surface area contributed by atoms with Crippen molar-refractivity contribution in [2.24, 2.45) is 0 Å². The highest BCUT2D eigenvalue weighted by Gasteiger charge is 2.14.